The molecule has 2 amide bonds. The average molecular weight is 308 g/mol. The standard InChI is InChI=1S/C17H22ClNO2/c1-3-4-5-10-17(2)11-14(20)19-16(21)15(17)12-6-8-13(18)9-7-12/h6-9,15H,3-5,10-11H2,1-2H3,(H,19,20,21). The second kappa shape index (κ2) is 6.61. The molecule has 1 heterocycles. The van der Waals surface area contributed by atoms with Gasteiger partial charge < -0.3 is 0 Å². The number of benzene rings is 1. The molecule has 1 N–H and O–H groups in total. The van der Waals surface area contributed by atoms with E-state index >= 15 is 0 Å². The van der Waals surface area contributed by atoms with Gasteiger partial charge in [-0.2, -0.15) is 0 Å². The van der Waals surface area contributed by atoms with Gasteiger partial charge in [0.05, 0.1) is 5.92 Å². The van der Waals surface area contributed by atoms with Gasteiger partial charge in [0, 0.05) is 11.4 Å². The summed E-state index contributed by atoms with van der Waals surface area (Å²) < 4.78 is 0. The molecule has 0 bridgehead atoms. The van der Waals surface area contributed by atoms with E-state index in [1.165, 1.54) is 0 Å². The van der Waals surface area contributed by atoms with E-state index in [0.29, 0.717) is 11.4 Å². The van der Waals surface area contributed by atoms with E-state index in [1.807, 2.05) is 12.1 Å². The molecule has 4 heteroatoms. The number of carbonyl (C=O) groups is 2. The van der Waals surface area contributed by atoms with E-state index in [4.69, 9.17) is 11.6 Å². The normalized spacial score (nSPS) is 25.8. The fourth-order valence-electron chi connectivity index (χ4n) is 3.26. The second-order valence-corrected chi connectivity index (χ2v) is 6.62. The van der Waals surface area contributed by atoms with Gasteiger partial charge in [0.25, 0.3) is 0 Å². The van der Waals surface area contributed by atoms with Crippen molar-refractivity contribution in [2.45, 2.75) is 51.9 Å². The topological polar surface area (TPSA) is 46.2 Å². The van der Waals surface area contributed by atoms with Gasteiger partial charge in [0.2, 0.25) is 11.8 Å². The summed E-state index contributed by atoms with van der Waals surface area (Å²) in [5.41, 5.74) is 0.617. The van der Waals surface area contributed by atoms with Crippen LogP contribution in [-0.4, -0.2) is 11.8 Å². The lowest BCUT2D eigenvalue weighted by molar-refractivity contribution is -0.139. The zero-order valence-electron chi connectivity index (χ0n) is 12.6. The van der Waals surface area contributed by atoms with Crippen molar-refractivity contribution in [1.82, 2.24) is 5.32 Å². The van der Waals surface area contributed by atoms with E-state index in [9.17, 15) is 9.59 Å². The lowest BCUT2D eigenvalue weighted by Gasteiger charge is -2.40. The predicted molar refractivity (Wildman–Crippen MR) is 84.2 cm³/mol. The summed E-state index contributed by atoms with van der Waals surface area (Å²) in [5.74, 6) is -0.638. The van der Waals surface area contributed by atoms with Crippen molar-refractivity contribution < 1.29 is 9.59 Å². The van der Waals surface area contributed by atoms with Gasteiger partial charge in [-0.3, -0.25) is 14.9 Å². The fraction of sp³-hybridized carbons (Fsp3) is 0.529. The highest BCUT2D eigenvalue weighted by Crippen LogP contribution is 2.45. The first-order chi connectivity index (χ1) is 9.96. The Kier molecular flexibility index (Phi) is 5.04. The molecule has 1 aliphatic heterocycles. The number of unbranched alkanes of at least 4 members (excludes halogenated alkanes) is 2. The van der Waals surface area contributed by atoms with Crippen molar-refractivity contribution in [3.63, 3.8) is 0 Å². The van der Waals surface area contributed by atoms with E-state index in [-0.39, 0.29) is 23.1 Å². The number of amides is 2. The molecule has 1 fully saturated rings. The molecule has 114 valence electrons. The van der Waals surface area contributed by atoms with Crippen molar-refractivity contribution in [3.8, 4) is 0 Å². The van der Waals surface area contributed by atoms with Gasteiger partial charge in [-0.1, -0.05) is 56.8 Å². The molecule has 3 nitrogen and oxygen atoms in total. The van der Waals surface area contributed by atoms with Gasteiger partial charge in [0.1, 0.15) is 0 Å². The van der Waals surface area contributed by atoms with Gasteiger partial charge in [-0.15, -0.1) is 0 Å². The third-order valence-corrected chi connectivity index (χ3v) is 4.59. The molecule has 0 saturated carbocycles. The maximum atomic E-state index is 12.4. The lowest BCUT2D eigenvalue weighted by atomic mass is 9.66. The Balaban J connectivity index is 2.30. The van der Waals surface area contributed by atoms with Crippen LogP contribution in [0.2, 0.25) is 5.02 Å². The van der Waals surface area contributed by atoms with E-state index in [0.717, 1.165) is 31.2 Å². The van der Waals surface area contributed by atoms with Crippen LogP contribution in [-0.2, 0) is 9.59 Å². The first kappa shape index (κ1) is 16.0. The minimum atomic E-state index is -0.317. The molecule has 0 aromatic heterocycles. The first-order valence-corrected chi connectivity index (χ1v) is 7.93. The summed E-state index contributed by atoms with van der Waals surface area (Å²) in [4.78, 5) is 24.2. The van der Waals surface area contributed by atoms with Crippen molar-refractivity contribution in [3.05, 3.63) is 34.9 Å². The highest BCUT2D eigenvalue weighted by Gasteiger charge is 2.45. The number of hydrogen-bond acceptors (Lipinski definition) is 2. The van der Waals surface area contributed by atoms with Crippen LogP contribution in [0.25, 0.3) is 0 Å². The van der Waals surface area contributed by atoms with Crippen LogP contribution in [0.3, 0.4) is 0 Å². The number of carbonyl (C=O) groups excluding carboxylic acids is 2. The average Bonchev–Trinajstić information content (AvgIpc) is 2.40. The third kappa shape index (κ3) is 3.65. The second-order valence-electron chi connectivity index (χ2n) is 6.18. The number of hydrogen-bond donors (Lipinski definition) is 1. The maximum Gasteiger partial charge on any atom is 0.234 e. The summed E-state index contributed by atoms with van der Waals surface area (Å²) in [6.07, 6.45) is 4.57. The Hall–Kier alpha value is -1.35. The van der Waals surface area contributed by atoms with Crippen LogP contribution in [0, 0.1) is 5.41 Å². The largest absolute Gasteiger partial charge is 0.296 e. The highest BCUT2D eigenvalue weighted by atomic mass is 35.5. The molecule has 2 unspecified atom stereocenters. The Morgan fingerprint density at radius 3 is 2.52 bits per heavy atom. The van der Waals surface area contributed by atoms with Crippen LogP contribution >= 0.6 is 11.6 Å². The van der Waals surface area contributed by atoms with Gasteiger partial charge in [-0.25, -0.2) is 0 Å². The van der Waals surface area contributed by atoms with Crippen LogP contribution in [0.1, 0.15) is 57.4 Å². The van der Waals surface area contributed by atoms with Crippen molar-refractivity contribution in [1.29, 1.82) is 0 Å². The van der Waals surface area contributed by atoms with E-state index in [2.05, 4.69) is 19.2 Å². The smallest absolute Gasteiger partial charge is 0.234 e. The molecule has 2 rings (SSSR count). The molecule has 0 aliphatic carbocycles. The zero-order chi connectivity index (χ0) is 15.5. The maximum absolute atomic E-state index is 12.4. The highest BCUT2D eigenvalue weighted by molar-refractivity contribution is 6.30. The van der Waals surface area contributed by atoms with Crippen molar-refractivity contribution in [2.24, 2.45) is 5.41 Å². The van der Waals surface area contributed by atoms with Gasteiger partial charge >= 0.3 is 0 Å². The monoisotopic (exact) mass is 307 g/mol. The molecule has 21 heavy (non-hydrogen) atoms. The third-order valence-electron chi connectivity index (χ3n) is 4.34. The summed E-state index contributed by atoms with van der Waals surface area (Å²) >= 11 is 5.93. The molecule has 1 aliphatic rings. The molecule has 0 radical (unpaired) electrons. The number of piperidine rings is 1. The van der Waals surface area contributed by atoms with E-state index in [1.54, 1.807) is 12.1 Å². The Bertz CT molecular complexity index is 526. The zero-order valence-corrected chi connectivity index (χ0v) is 13.4. The number of halogens is 1. The quantitative estimate of drug-likeness (QED) is 0.658. The molecule has 1 aromatic carbocycles. The van der Waals surface area contributed by atoms with Gasteiger partial charge in [-0.05, 0) is 29.5 Å². The summed E-state index contributed by atoms with van der Waals surface area (Å²) in [7, 11) is 0. The molecular formula is C17H22ClNO2. The molecular weight excluding hydrogens is 286 g/mol. The van der Waals surface area contributed by atoms with Crippen LogP contribution in [0.5, 0.6) is 0 Å². The Morgan fingerprint density at radius 1 is 1.24 bits per heavy atom. The molecule has 0 spiro atoms. The predicted octanol–water partition coefficient (Wildman–Crippen LogP) is 4.06. The number of rotatable bonds is 5. The van der Waals surface area contributed by atoms with E-state index < -0.39 is 0 Å². The summed E-state index contributed by atoms with van der Waals surface area (Å²) in [5, 5.41) is 3.13. The SMILES string of the molecule is CCCCCC1(C)CC(=O)NC(=O)C1c1ccc(Cl)cc1. The van der Waals surface area contributed by atoms with Crippen LogP contribution < -0.4 is 5.32 Å². The minimum Gasteiger partial charge on any atom is -0.296 e. The van der Waals surface area contributed by atoms with Crippen LogP contribution in [0.4, 0.5) is 0 Å². The summed E-state index contributed by atoms with van der Waals surface area (Å²) in [6.45, 7) is 4.20. The van der Waals surface area contributed by atoms with Crippen molar-refractivity contribution >= 4 is 23.4 Å². The lowest BCUT2D eigenvalue weighted by Crippen LogP contribution is -2.49. The first-order valence-electron chi connectivity index (χ1n) is 7.55. The molecule has 1 saturated heterocycles. The Labute approximate surface area is 131 Å². The molecule has 2 atom stereocenters. The van der Waals surface area contributed by atoms with Crippen molar-refractivity contribution in [2.75, 3.05) is 0 Å². The number of nitrogens with one attached hydrogen (secondary N) is 1. The fourth-order valence-corrected chi connectivity index (χ4v) is 3.39. The Morgan fingerprint density at radius 2 is 1.90 bits per heavy atom. The van der Waals surface area contributed by atoms with Crippen LogP contribution in [0.15, 0.2) is 24.3 Å². The number of imide groups is 1. The molecule has 1 aromatic rings. The summed E-state index contributed by atoms with van der Waals surface area (Å²) in [6, 6.07) is 7.38. The van der Waals surface area contributed by atoms with Gasteiger partial charge in [0.15, 0.2) is 0 Å². The minimum absolute atomic E-state index is 0.163.